The summed E-state index contributed by atoms with van der Waals surface area (Å²) in [4.78, 5) is 16.8. The first kappa shape index (κ1) is 34.6. The molecule has 0 spiro atoms. The Kier molecular flexibility index (Phi) is 12.3. The van der Waals surface area contributed by atoms with Crippen molar-refractivity contribution in [3.8, 4) is 11.3 Å². The van der Waals surface area contributed by atoms with Crippen molar-refractivity contribution in [3.63, 3.8) is 0 Å². The third-order valence-electron chi connectivity index (χ3n) is 8.22. The van der Waals surface area contributed by atoms with E-state index in [1.54, 1.807) is 11.3 Å². The molecule has 0 fully saturated rings. The van der Waals surface area contributed by atoms with Crippen LogP contribution in [0.1, 0.15) is 79.7 Å². The van der Waals surface area contributed by atoms with E-state index in [0.717, 1.165) is 47.8 Å². The number of aliphatic hydroxyl groups excluding tert-OH is 1. The molecule has 3 aromatic carbocycles. The number of fused-ring (bicyclic) bond motifs is 4. The van der Waals surface area contributed by atoms with Crippen LogP contribution in [0.2, 0.25) is 0 Å². The zero-order valence-corrected chi connectivity index (χ0v) is 29.7. The number of pyridine rings is 1. The van der Waals surface area contributed by atoms with E-state index in [4.69, 9.17) is 4.98 Å². The molecule has 0 amide bonds. The summed E-state index contributed by atoms with van der Waals surface area (Å²) in [7, 11) is 0. The fourth-order valence-corrected chi connectivity index (χ4v) is 6.54. The van der Waals surface area contributed by atoms with Crippen LogP contribution in [0.25, 0.3) is 43.0 Å². The van der Waals surface area contributed by atoms with Gasteiger partial charge in [0.15, 0.2) is 5.78 Å². The SMILES string of the molecule is CC(C)(C)c1cc(-c2nc3ccccc3c3sccc23)[c-]c2ccccc12.CCC(CC)C(=O)/C=C(\O)C(CC)CC.[Ir]. The van der Waals surface area contributed by atoms with E-state index < -0.39 is 0 Å². The van der Waals surface area contributed by atoms with Crippen LogP contribution in [-0.4, -0.2) is 15.9 Å². The van der Waals surface area contributed by atoms with Crippen molar-refractivity contribution in [2.24, 2.45) is 11.8 Å². The Balaban J connectivity index is 0.000000274. The molecule has 2 heterocycles. The standard InChI is InChI=1S/C25H20NS.C13H24O2.Ir/c1-25(2,3)21-15-17(14-16-8-4-5-9-18(16)21)23-20-12-13-27-24(20)19-10-6-7-11-22(19)26-23;1-5-10(6-2)12(14)9-13(15)11(7-3)8-4;/h4-13,15H,1-3H3;9-11,14H,5-8H2,1-4H3;/q-1;;/b;12-9-;. The number of hydrogen-bond acceptors (Lipinski definition) is 4. The van der Waals surface area contributed by atoms with Crippen LogP contribution < -0.4 is 0 Å². The van der Waals surface area contributed by atoms with E-state index in [0.29, 0.717) is 0 Å². The molecule has 5 heteroatoms. The van der Waals surface area contributed by atoms with E-state index in [1.807, 2.05) is 27.7 Å². The number of para-hydroxylation sites is 1. The maximum atomic E-state index is 11.7. The molecule has 3 nitrogen and oxygen atoms in total. The van der Waals surface area contributed by atoms with Gasteiger partial charge >= 0.3 is 0 Å². The summed E-state index contributed by atoms with van der Waals surface area (Å²) in [6, 6.07) is 25.1. The number of rotatable bonds is 8. The molecule has 0 aliphatic heterocycles. The van der Waals surface area contributed by atoms with Crippen LogP contribution in [0.15, 0.2) is 77.9 Å². The second kappa shape index (κ2) is 15.2. The summed E-state index contributed by atoms with van der Waals surface area (Å²) in [5.41, 5.74) is 4.54. The minimum absolute atomic E-state index is 0. The third kappa shape index (κ3) is 7.81. The molecule has 0 aliphatic carbocycles. The van der Waals surface area contributed by atoms with Gasteiger partial charge in [-0.15, -0.1) is 40.5 Å². The summed E-state index contributed by atoms with van der Waals surface area (Å²) >= 11 is 1.79. The van der Waals surface area contributed by atoms with Gasteiger partial charge in [-0.2, -0.15) is 0 Å². The molecule has 229 valence electrons. The summed E-state index contributed by atoms with van der Waals surface area (Å²) < 4.78 is 1.30. The fourth-order valence-electron chi connectivity index (χ4n) is 5.61. The van der Waals surface area contributed by atoms with Crippen molar-refractivity contribution in [1.82, 2.24) is 4.98 Å². The van der Waals surface area contributed by atoms with E-state index >= 15 is 0 Å². The van der Waals surface area contributed by atoms with Crippen LogP contribution in [0.5, 0.6) is 0 Å². The normalized spacial score (nSPS) is 12.1. The van der Waals surface area contributed by atoms with Crippen molar-refractivity contribution in [2.45, 2.75) is 79.6 Å². The fraction of sp³-hybridized carbons (Fsp3) is 0.368. The predicted molar refractivity (Wildman–Crippen MR) is 181 cm³/mol. The Morgan fingerprint density at radius 3 is 2.12 bits per heavy atom. The van der Waals surface area contributed by atoms with Crippen LogP contribution in [0.4, 0.5) is 0 Å². The number of thiophene rings is 1. The van der Waals surface area contributed by atoms with Crippen molar-refractivity contribution in [1.29, 1.82) is 0 Å². The van der Waals surface area contributed by atoms with Gasteiger partial charge in [0.25, 0.3) is 0 Å². The maximum Gasteiger partial charge on any atom is 0.162 e. The van der Waals surface area contributed by atoms with Crippen LogP contribution >= 0.6 is 11.3 Å². The zero-order valence-electron chi connectivity index (χ0n) is 26.5. The van der Waals surface area contributed by atoms with Crippen molar-refractivity contribution in [3.05, 3.63) is 89.5 Å². The molecule has 2 aromatic heterocycles. The van der Waals surface area contributed by atoms with E-state index in [9.17, 15) is 9.90 Å². The molecule has 0 saturated carbocycles. The molecule has 0 atom stereocenters. The maximum absolute atomic E-state index is 11.7. The van der Waals surface area contributed by atoms with Gasteiger partial charge in [-0.3, -0.25) is 9.78 Å². The van der Waals surface area contributed by atoms with E-state index in [1.165, 1.54) is 32.5 Å². The number of hydrogen-bond donors (Lipinski definition) is 1. The van der Waals surface area contributed by atoms with Crippen molar-refractivity contribution < 1.29 is 30.0 Å². The van der Waals surface area contributed by atoms with E-state index in [2.05, 4.69) is 92.9 Å². The zero-order chi connectivity index (χ0) is 30.4. The monoisotopic (exact) mass is 771 g/mol. The molecule has 0 saturated heterocycles. The van der Waals surface area contributed by atoms with Crippen LogP contribution in [0.3, 0.4) is 0 Å². The van der Waals surface area contributed by atoms with Gasteiger partial charge in [-0.25, -0.2) is 0 Å². The second-order valence-corrected chi connectivity index (χ2v) is 12.9. The summed E-state index contributed by atoms with van der Waals surface area (Å²) in [6.45, 7) is 14.9. The van der Waals surface area contributed by atoms with E-state index in [-0.39, 0.29) is 48.9 Å². The number of nitrogens with zero attached hydrogens (tertiary/aromatic N) is 1. The largest absolute Gasteiger partial charge is 0.512 e. The minimum atomic E-state index is 0. The molecule has 0 aliphatic rings. The average molecular weight is 771 g/mol. The van der Waals surface area contributed by atoms with Gasteiger partial charge in [0, 0.05) is 53.8 Å². The number of aliphatic hydroxyl groups is 1. The van der Waals surface area contributed by atoms with Gasteiger partial charge in [0.05, 0.1) is 11.3 Å². The number of ketones is 1. The molecular formula is C38H44IrNO2S-. The van der Waals surface area contributed by atoms with Gasteiger partial charge in [-0.1, -0.05) is 95.8 Å². The molecule has 0 unspecified atom stereocenters. The average Bonchev–Trinajstić information content (AvgIpc) is 3.48. The Bertz CT molecular complexity index is 1700. The number of allylic oxidation sites excluding steroid dienone is 2. The molecule has 1 radical (unpaired) electrons. The molecule has 5 aromatic rings. The Morgan fingerprint density at radius 2 is 1.49 bits per heavy atom. The number of benzene rings is 3. The number of carbonyl (C=O) groups excluding carboxylic acids is 1. The van der Waals surface area contributed by atoms with Gasteiger partial charge in [0.1, 0.15) is 0 Å². The Labute approximate surface area is 274 Å². The minimum Gasteiger partial charge on any atom is -0.512 e. The first-order valence-corrected chi connectivity index (χ1v) is 16.2. The Hall–Kier alpha value is -2.85. The van der Waals surface area contributed by atoms with Gasteiger partial charge in [-0.05, 0) is 54.0 Å². The topological polar surface area (TPSA) is 50.2 Å². The van der Waals surface area contributed by atoms with Crippen molar-refractivity contribution in [2.75, 3.05) is 0 Å². The Morgan fingerprint density at radius 1 is 0.884 bits per heavy atom. The van der Waals surface area contributed by atoms with Crippen molar-refractivity contribution >= 4 is 48.9 Å². The first-order valence-electron chi connectivity index (χ1n) is 15.3. The summed E-state index contributed by atoms with van der Waals surface area (Å²) in [5.74, 6) is 0.547. The second-order valence-electron chi connectivity index (χ2n) is 12.0. The number of aromatic nitrogens is 1. The summed E-state index contributed by atoms with van der Waals surface area (Å²) in [5, 5.41) is 16.8. The first-order chi connectivity index (χ1) is 20.1. The smallest absolute Gasteiger partial charge is 0.162 e. The van der Waals surface area contributed by atoms with Gasteiger partial charge < -0.3 is 5.11 Å². The molecule has 0 bridgehead atoms. The number of carbonyl (C=O) groups is 1. The molecular weight excluding hydrogens is 727 g/mol. The molecule has 5 rings (SSSR count). The quantitative estimate of drug-likeness (QED) is 0.0971. The molecule has 43 heavy (non-hydrogen) atoms. The molecule has 1 N–H and O–H groups in total. The summed E-state index contributed by atoms with van der Waals surface area (Å²) in [6.07, 6.45) is 4.91. The third-order valence-corrected chi connectivity index (χ3v) is 9.17. The van der Waals surface area contributed by atoms with Crippen LogP contribution in [0, 0.1) is 17.9 Å². The van der Waals surface area contributed by atoms with Gasteiger partial charge in [0.2, 0.25) is 0 Å². The predicted octanol–water partition coefficient (Wildman–Crippen LogP) is 11.2. The van der Waals surface area contributed by atoms with Crippen LogP contribution in [-0.2, 0) is 30.3 Å².